The Balaban J connectivity index is 2.23. The van der Waals surface area contributed by atoms with Crippen LogP contribution in [0.1, 0.15) is 38.3 Å². The van der Waals surface area contributed by atoms with Crippen LogP contribution < -0.4 is 0 Å². The lowest BCUT2D eigenvalue weighted by atomic mass is 10.1. The molecular weight excluding hydrogens is 283 g/mol. The van der Waals surface area contributed by atoms with E-state index in [1.807, 2.05) is 0 Å². The Morgan fingerprint density at radius 3 is 2.85 bits per heavy atom. The fourth-order valence-corrected chi connectivity index (χ4v) is 2.30. The molecule has 0 saturated carbocycles. The van der Waals surface area contributed by atoms with E-state index in [1.54, 1.807) is 27.0 Å². The Kier molecular flexibility index (Phi) is 4.18. The van der Waals surface area contributed by atoms with Gasteiger partial charge in [-0.3, -0.25) is 0 Å². The number of hydrogen-bond donors (Lipinski definition) is 0. The van der Waals surface area contributed by atoms with Gasteiger partial charge in [0, 0.05) is 18.3 Å². The van der Waals surface area contributed by atoms with Gasteiger partial charge in [0.05, 0.1) is 6.54 Å². The molecule has 1 aromatic heterocycles. The molecule has 0 saturated heterocycles. The molecule has 6 heteroatoms. The topological polar surface area (TPSA) is 42.4 Å². The maximum atomic E-state index is 14.1. The summed E-state index contributed by atoms with van der Waals surface area (Å²) < 4.78 is 19.4. The number of amides is 1. The molecule has 0 aromatic carbocycles. The van der Waals surface area contributed by atoms with Gasteiger partial charge in [-0.1, -0.05) is 11.6 Å². The summed E-state index contributed by atoms with van der Waals surface area (Å²) >= 11 is 5.71. The van der Waals surface area contributed by atoms with Crippen LogP contribution in [-0.2, 0) is 17.7 Å². The van der Waals surface area contributed by atoms with Gasteiger partial charge in [-0.05, 0) is 39.2 Å². The highest BCUT2D eigenvalue weighted by Crippen LogP contribution is 2.25. The van der Waals surface area contributed by atoms with Crippen LogP contribution in [-0.4, -0.2) is 28.1 Å². The molecule has 1 amide bonds. The number of carbonyl (C=O) groups is 1. The van der Waals surface area contributed by atoms with E-state index in [1.165, 1.54) is 4.90 Å². The quantitative estimate of drug-likeness (QED) is 0.688. The summed E-state index contributed by atoms with van der Waals surface area (Å²) in [5.74, 6) is -0.542. The molecule has 0 spiro atoms. The van der Waals surface area contributed by atoms with E-state index in [2.05, 4.69) is 4.98 Å². The maximum Gasteiger partial charge on any atom is 0.410 e. The largest absolute Gasteiger partial charge is 0.444 e. The van der Waals surface area contributed by atoms with E-state index in [4.69, 9.17) is 16.3 Å². The van der Waals surface area contributed by atoms with Crippen molar-refractivity contribution in [2.45, 2.75) is 45.8 Å². The third-order valence-corrected chi connectivity index (χ3v) is 3.31. The number of carbonyl (C=O) groups excluding carboxylic acids is 1. The van der Waals surface area contributed by atoms with Crippen molar-refractivity contribution >= 4 is 17.7 Å². The van der Waals surface area contributed by atoms with Crippen LogP contribution in [0.4, 0.5) is 9.18 Å². The van der Waals surface area contributed by atoms with Gasteiger partial charge in [0.1, 0.15) is 5.60 Å². The molecule has 110 valence electrons. The van der Waals surface area contributed by atoms with E-state index in [0.29, 0.717) is 18.5 Å². The normalized spacial score (nSPS) is 15.6. The minimum atomic E-state index is -0.569. The zero-order valence-corrected chi connectivity index (χ0v) is 12.6. The van der Waals surface area contributed by atoms with Gasteiger partial charge in [-0.25, -0.2) is 14.2 Å². The van der Waals surface area contributed by atoms with E-state index < -0.39 is 17.5 Å². The summed E-state index contributed by atoms with van der Waals surface area (Å²) in [5.41, 5.74) is 0.673. The summed E-state index contributed by atoms with van der Waals surface area (Å²) in [6.07, 6.45) is 2.57. The van der Waals surface area contributed by atoms with Gasteiger partial charge in [-0.2, -0.15) is 0 Å². The molecule has 1 aliphatic heterocycles. The van der Waals surface area contributed by atoms with Crippen LogP contribution in [0.15, 0.2) is 6.20 Å². The third kappa shape index (κ3) is 3.39. The molecule has 1 aliphatic rings. The zero-order chi connectivity index (χ0) is 14.9. The molecule has 0 aliphatic carbocycles. The molecule has 0 N–H and O–H groups in total. The predicted octanol–water partition coefficient (Wildman–Crippen LogP) is 3.56. The van der Waals surface area contributed by atoms with Gasteiger partial charge in [0.2, 0.25) is 0 Å². The standard InChI is InChI=1S/C14H18ClFN2O2/c1-14(2,3)20-13(19)18-6-4-5-9-7-17-12(15)11(16)10(9)8-18/h7H,4-6,8H2,1-3H3. The molecule has 2 rings (SSSR count). The molecule has 0 bridgehead atoms. The van der Waals surface area contributed by atoms with Crippen LogP contribution in [0, 0.1) is 5.82 Å². The highest BCUT2D eigenvalue weighted by molar-refractivity contribution is 6.29. The Labute approximate surface area is 122 Å². The van der Waals surface area contributed by atoms with Gasteiger partial charge in [-0.15, -0.1) is 0 Å². The van der Waals surface area contributed by atoms with Gasteiger partial charge in [0.15, 0.2) is 11.0 Å². The number of pyridine rings is 1. The number of hydrogen-bond acceptors (Lipinski definition) is 3. The highest BCUT2D eigenvalue weighted by Gasteiger charge is 2.26. The van der Waals surface area contributed by atoms with Crippen molar-refractivity contribution in [3.63, 3.8) is 0 Å². The first kappa shape index (κ1) is 15.0. The number of nitrogens with zero attached hydrogens (tertiary/aromatic N) is 2. The van der Waals surface area contributed by atoms with E-state index in [9.17, 15) is 9.18 Å². The second kappa shape index (κ2) is 5.56. The van der Waals surface area contributed by atoms with Crippen molar-refractivity contribution in [3.8, 4) is 0 Å². The summed E-state index contributed by atoms with van der Waals surface area (Å²) in [7, 11) is 0. The number of aryl methyl sites for hydroxylation is 1. The van der Waals surface area contributed by atoms with Gasteiger partial charge < -0.3 is 9.64 Å². The van der Waals surface area contributed by atoms with E-state index >= 15 is 0 Å². The lowest BCUT2D eigenvalue weighted by Crippen LogP contribution is -2.36. The van der Waals surface area contributed by atoms with Gasteiger partial charge in [0.25, 0.3) is 0 Å². The predicted molar refractivity (Wildman–Crippen MR) is 74.2 cm³/mol. The SMILES string of the molecule is CC(C)(C)OC(=O)N1CCCc2cnc(Cl)c(F)c2C1. The number of halogens is 2. The number of ether oxygens (including phenoxy) is 1. The molecule has 0 unspecified atom stereocenters. The molecule has 0 fully saturated rings. The lowest BCUT2D eigenvalue weighted by Gasteiger charge is -2.26. The number of rotatable bonds is 0. The van der Waals surface area contributed by atoms with Crippen molar-refractivity contribution in [1.29, 1.82) is 0 Å². The number of aromatic nitrogens is 1. The van der Waals surface area contributed by atoms with Gasteiger partial charge >= 0.3 is 6.09 Å². The highest BCUT2D eigenvalue weighted by atomic mass is 35.5. The number of fused-ring (bicyclic) bond motifs is 1. The molecule has 4 nitrogen and oxygen atoms in total. The fraction of sp³-hybridized carbons (Fsp3) is 0.571. The summed E-state index contributed by atoms with van der Waals surface area (Å²) in [6.45, 7) is 6.10. The maximum absolute atomic E-state index is 14.1. The van der Waals surface area contributed by atoms with Crippen molar-refractivity contribution in [2.24, 2.45) is 0 Å². The first-order valence-corrected chi connectivity index (χ1v) is 6.95. The average molecular weight is 301 g/mol. The Morgan fingerprint density at radius 1 is 1.50 bits per heavy atom. The van der Waals surface area contributed by atoms with Crippen molar-refractivity contribution in [1.82, 2.24) is 9.88 Å². The fourth-order valence-electron chi connectivity index (χ4n) is 2.13. The minimum Gasteiger partial charge on any atom is -0.444 e. The Morgan fingerprint density at radius 2 is 2.20 bits per heavy atom. The zero-order valence-electron chi connectivity index (χ0n) is 11.9. The molecule has 0 atom stereocenters. The van der Waals surface area contributed by atoms with Crippen molar-refractivity contribution in [2.75, 3.05) is 6.54 Å². The Bertz CT molecular complexity index is 529. The van der Waals surface area contributed by atoms with Crippen molar-refractivity contribution in [3.05, 3.63) is 28.3 Å². The summed E-state index contributed by atoms with van der Waals surface area (Å²) in [6, 6.07) is 0. The van der Waals surface area contributed by atoms with E-state index in [0.717, 1.165) is 12.0 Å². The summed E-state index contributed by atoms with van der Waals surface area (Å²) in [4.78, 5) is 17.4. The first-order valence-electron chi connectivity index (χ1n) is 6.57. The lowest BCUT2D eigenvalue weighted by molar-refractivity contribution is 0.0235. The van der Waals surface area contributed by atoms with Crippen LogP contribution in [0.25, 0.3) is 0 Å². The minimum absolute atomic E-state index is 0.158. The average Bonchev–Trinajstić information content (AvgIpc) is 2.54. The van der Waals surface area contributed by atoms with Crippen molar-refractivity contribution < 1.29 is 13.9 Å². The Hall–Kier alpha value is -1.36. The molecule has 2 heterocycles. The van der Waals surface area contributed by atoms with E-state index in [-0.39, 0.29) is 11.7 Å². The molecular formula is C14H18ClFN2O2. The second-order valence-corrected chi connectivity index (χ2v) is 6.23. The monoisotopic (exact) mass is 300 g/mol. The first-order chi connectivity index (χ1) is 9.28. The van der Waals surface area contributed by atoms with Crippen LogP contribution in [0.2, 0.25) is 5.15 Å². The summed E-state index contributed by atoms with van der Waals surface area (Å²) in [5, 5.41) is -0.158. The molecule has 0 radical (unpaired) electrons. The third-order valence-electron chi connectivity index (χ3n) is 3.04. The van der Waals surface area contributed by atoms with Crippen LogP contribution in [0.5, 0.6) is 0 Å². The molecule has 20 heavy (non-hydrogen) atoms. The van der Waals surface area contributed by atoms with Crippen LogP contribution in [0.3, 0.4) is 0 Å². The smallest absolute Gasteiger partial charge is 0.410 e. The molecule has 1 aromatic rings. The van der Waals surface area contributed by atoms with Crippen LogP contribution >= 0.6 is 11.6 Å². The second-order valence-electron chi connectivity index (χ2n) is 5.87.